The zero-order valence-corrected chi connectivity index (χ0v) is 12.4. The molecule has 1 N–H and O–H groups in total. The molecule has 0 atom stereocenters. The molecule has 2 aromatic carbocycles. The Morgan fingerprint density at radius 2 is 1.95 bits per heavy atom. The van der Waals surface area contributed by atoms with E-state index in [0.29, 0.717) is 11.3 Å². The van der Waals surface area contributed by atoms with Crippen molar-refractivity contribution in [2.75, 3.05) is 11.9 Å². The van der Waals surface area contributed by atoms with Gasteiger partial charge in [-0.3, -0.25) is 4.79 Å². The number of hydrogen-bond donors (Lipinski definition) is 1. The molecule has 2 aromatic rings. The van der Waals surface area contributed by atoms with Gasteiger partial charge in [-0.2, -0.15) is 0 Å². The van der Waals surface area contributed by atoms with Gasteiger partial charge in [-0.1, -0.05) is 28.1 Å². The first-order valence-electron chi connectivity index (χ1n) is 5.99. The molecule has 5 heteroatoms. The molecule has 0 aliphatic heterocycles. The van der Waals surface area contributed by atoms with E-state index in [1.165, 1.54) is 6.07 Å². The van der Waals surface area contributed by atoms with Gasteiger partial charge < -0.3 is 10.1 Å². The molecule has 0 saturated heterocycles. The number of benzene rings is 2. The molecule has 1 amide bonds. The summed E-state index contributed by atoms with van der Waals surface area (Å²) in [7, 11) is 0. The highest BCUT2D eigenvalue weighted by atomic mass is 79.9. The second-order valence-electron chi connectivity index (χ2n) is 4.23. The van der Waals surface area contributed by atoms with Gasteiger partial charge in [0.15, 0.2) is 18.2 Å². The summed E-state index contributed by atoms with van der Waals surface area (Å²) in [5.74, 6) is -0.701. The topological polar surface area (TPSA) is 38.3 Å². The number of aryl methyl sites for hydroxylation is 1. The summed E-state index contributed by atoms with van der Waals surface area (Å²) in [4.78, 5) is 11.7. The van der Waals surface area contributed by atoms with Crippen molar-refractivity contribution in [2.45, 2.75) is 6.92 Å². The van der Waals surface area contributed by atoms with Gasteiger partial charge in [-0.15, -0.1) is 0 Å². The van der Waals surface area contributed by atoms with Crippen molar-refractivity contribution in [3.63, 3.8) is 0 Å². The minimum atomic E-state index is -0.441. The lowest BCUT2D eigenvalue weighted by atomic mass is 10.2. The van der Waals surface area contributed by atoms with Crippen LogP contribution in [0.5, 0.6) is 5.75 Å². The van der Waals surface area contributed by atoms with E-state index in [0.717, 1.165) is 4.47 Å². The standard InChI is InChI=1S/C15H13BrFNO2/c1-10-3-2-4-13(15(10)17)20-9-14(19)18-12-7-5-11(16)6-8-12/h2-8H,9H2,1H3,(H,18,19). The third-order valence-electron chi connectivity index (χ3n) is 2.64. The third-order valence-corrected chi connectivity index (χ3v) is 3.17. The molecule has 0 saturated carbocycles. The maximum Gasteiger partial charge on any atom is 0.262 e. The number of anilines is 1. The number of rotatable bonds is 4. The molecule has 0 aliphatic carbocycles. The predicted molar refractivity (Wildman–Crippen MR) is 79.4 cm³/mol. The fourth-order valence-electron chi connectivity index (χ4n) is 1.61. The number of carbonyl (C=O) groups excluding carboxylic acids is 1. The molecule has 0 aliphatic rings. The van der Waals surface area contributed by atoms with Crippen LogP contribution >= 0.6 is 15.9 Å². The van der Waals surface area contributed by atoms with Gasteiger partial charge in [0.05, 0.1) is 0 Å². The van der Waals surface area contributed by atoms with E-state index in [4.69, 9.17) is 4.74 Å². The summed E-state index contributed by atoms with van der Waals surface area (Å²) in [6.07, 6.45) is 0. The Bertz CT molecular complexity index is 614. The summed E-state index contributed by atoms with van der Waals surface area (Å²) in [6.45, 7) is 1.40. The highest BCUT2D eigenvalue weighted by molar-refractivity contribution is 9.10. The fraction of sp³-hybridized carbons (Fsp3) is 0.133. The lowest BCUT2D eigenvalue weighted by Gasteiger charge is -2.09. The van der Waals surface area contributed by atoms with E-state index >= 15 is 0 Å². The van der Waals surface area contributed by atoms with Crippen LogP contribution in [0.25, 0.3) is 0 Å². The minimum Gasteiger partial charge on any atom is -0.481 e. The van der Waals surface area contributed by atoms with E-state index in [9.17, 15) is 9.18 Å². The Hall–Kier alpha value is -1.88. The zero-order chi connectivity index (χ0) is 14.5. The molecule has 0 spiro atoms. The molecule has 0 aromatic heterocycles. The van der Waals surface area contributed by atoms with Gasteiger partial charge >= 0.3 is 0 Å². The van der Waals surface area contributed by atoms with Crippen LogP contribution in [0.3, 0.4) is 0 Å². The van der Waals surface area contributed by atoms with E-state index in [2.05, 4.69) is 21.2 Å². The second-order valence-corrected chi connectivity index (χ2v) is 5.15. The van der Waals surface area contributed by atoms with Crippen LogP contribution in [0.2, 0.25) is 0 Å². The van der Waals surface area contributed by atoms with Crippen molar-refractivity contribution in [1.82, 2.24) is 0 Å². The Balaban J connectivity index is 1.92. The van der Waals surface area contributed by atoms with Gasteiger partial charge in [0.2, 0.25) is 0 Å². The highest BCUT2D eigenvalue weighted by Gasteiger charge is 2.08. The van der Waals surface area contributed by atoms with Crippen molar-refractivity contribution in [3.8, 4) is 5.75 Å². The van der Waals surface area contributed by atoms with E-state index < -0.39 is 5.82 Å². The molecule has 0 bridgehead atoms. The minimum absolute atomic E-state index is 0.0796. The Morgan fingerprint density at radius 1 is 1.25 bits per heavy atom. The van der Waals surface area contributed by atoms with Crippen molar-refractivity contribution >= 4 is 27.5 Å². The molecule has 0 heterocycles. The molecular weight excluding hydrogens is 325 g/mol. The molecule has 20 heavy (non-hydrogen) atoms. The predicted octanol–water partition coefficient (Wildman–Crippen LogP) is 3.91. The summed E-state index contributed by atoms with van der Waals surface area (Å²) in [6, 6.07) is 12.0. The van der Waals surface area contributed by atoms with Gasteiger partial charge in [0.1, 0.15) is 0 Å². The molecule has 0 unspecified atom stereocenters. The number of ether oxygens (including phenoxy) is 1. The third kappa shape index (κ3) is 3.81. The lowest BCUT2D eigenvalue weighted by Crippen LogP contribution is -2.20. The number of carbonyl (C=O) groups is 1. The molecular formula is C15H13BrFNO2. The zero-order valence-electron chi connectivity index (χ0n) is 10.8. The van der Waals surface area contributed by atoms with Crippen LogP contribution in [0.4, 0.5) is 10.1 Å². The van der Waals surface area contributed by atoms with Gasteiger partial charge in [0, 0.05) is 10.2 Å². The number of amides is 1. The van der Waals surface area contributed by atoms with Gasteiger partial charge in [-0.05, 0) is 42.8 Å². The van der Waals surface area contributed by atoms with Crippen LogP contribution in [0.1, 0.15) is 5.56 Å². The van der Waals surface area contributed by atoms with Crippen molar-refractivity contribution in [3.05, 3.63) is 58.3 Å². The Labute approximate surface area is 124 Å². The van der Waals surface area contributed by atoms with Crippen molar-refractivity contribution in [2.24, 2.45) is 0 Å². The van der Waals surface area contributed by atoms with Gasteiger partial charge in [-0.25, -0.2) is 4.39 Å². The maximum absolute atomic E-state index is 13.7. The quantitative estimate of drug-likeness (QED) is 0.918. The van der Waals surface area contributed by atoms with Gasteiger partial charge in [0.25, 0.3) is 5.91 Å². The van der Waals surface area contributed by atoms with Crippen LogP contribution in [0.15, 0.2) is 46.9 Å². The van der Waals surface area contributed by atoms with Crippen LogP contribution in [-0.2, 0) is 4.79 Å². The molecule has 3 nitrogen and oxygen atoms in total. The molecule has 2 rings (SSSR count). The average Bonchev–Trinajstić information content (AvgIpc) is 2.43. The number of nitrogens with one attached hydrogen (secondary N) is 1. The average molecular weight is 338 g/mol. The van der Waals surface area contributed by atoms with E-state index in [1.54, 1.807) is 31.2 Å². The number of halogens is 2. The Morgan fingerprint density at radius 3 is 2.65 bits per heavy atom. The first kappa shape index (κ1) is 14.5. The summed E-state index contributed by atoms with van der Waals surface area (Å²) in [5.41, 5.74) is 1.14. The molecule has 104 valence electrons. The molecule has 0 radical (unpaired) electrons. The van der Waals surface area contributed by atoms with Crippen molar-refractivity contribution < 1.29 is 13.9 Å². The largest absolute Gasteiger partial charge is 0.481 e. The summed E-state index contributed by atoms with van der Waals surface area (Å²) >= 11 is 3.31. The first-order valence-corrected chi connectivity index (χ1v) is 6.79. The summed E-state index contributed by atoms with van der Waals surface area (Å²) in [5, 5.41) is 2.67. The van der Waals surface area contributed by atoms with E-state index in [1.807, 2.05) is 12.1 Å². The SMILES string of the molecule is Cc1cccc(OCC(=O)Nc2ccc(Br)cc2)c1F. The lowest BCUT2D eigenvalue weighted by molar-refractivity contribution is -0.118. The maximum atomic E-state index is 13.7. The Kier molecular flexibility index (Phi) is 4.74. The normalized spacial score (nSPS) is 10.2. The number of hydrogen-bond acceptors (Lipinski definition) is 2. The summed E-state index contributed by atoms with van der Waals surface area (Å²) < 4.78 is 19.8. The monoisotopic (exact) mass is 337 g/mol. The second kappa shape index (κ2) is 6.52. The van der Waals surface area contributed by atoms with Crippen molar-refractivity contribution in [1.29, 1.82) is 0 Å². The molecule has 0 fully saturated rings. The fourth-order valence-corrected chi connectivity index (χ4v) is 1.87. The van der Waals surface area contributed by atoms with Crippen LogP contribution in [-0.4, -0.2) is 12.5 Å². The van der Waals surface area contributed by atoms with Crippen LogP contribution in [0, 0.1) is 12.7 Å². The highest BCUT2D eigenvalue weighted by Crippen LogP contribution is 2.19. The smallest absolute Gasteiger partial charge is 0.262 e. The van der Waals surface area contributed by atoms with Crippen LogP contribution < -0.4 is 10.1 Å². The van der Waals surface area contributed by atoms with E-state index in [-0.39, 0.29) is 18.3 Å². The first-order chi connectivity index (χ1) is 9.56.